The highest BCUT2D eigenvalue weighted by Crippen LogP contribution is 2.45. The van der Waals surface area contributed by atoms with Crippen LogP contribution in [0, 0.1) is 23.7 Å². The van der Waals surface area contributed by atoms with Crippen LogP contribution in [-0.2, 0) is 4.79 Å². The van der Waals surface area contributed by atoms with Crippen molar-refractivity contribution < 1.29 is 14.7 Å². The van der Waals surface area contributed by atoms with Gasteiger partial charge in [-0.3, -0.25) is 9.59 Å². The first-order valence-electron chi connectivity index (χ1n) is 5.88. The van der Waals surface area contributed by atoms with E-state index in [0.717, 1.165) is 0 Å². The number of carboxylic acid groups (broad SMARTS) is 1. The van der Waals surface area contributed by atoms with Gasteiger partial charge in [-0.25, -0.2) is 4.98 Å². The lowest BCUT2D eigenvalue weighted by Crippen LogP contribution is -2.34. The number of amides is 1. The highest BCUT2D eigenvalue weighted by molar-refractivity contribution is 5.93. The predicted octanol–water partition coefficient (Wildman–Crippen LogP) is 0.856. The Morgan fingerprint density at radius 2 is 2.21 bits per heavy atom. The fourth-order valence-electron chi connectivity index (χ4n) is 1.76. The van der Waals surface area contributed by atoms with E-state index in [0.29, 0.717) is 24.1 Å². The molecule has 0 aliphatic heterocycles. The summed E-state index contributed by atoms with van der Waals surface area (Å²) in [6.07, 6.45) is 1.17. The lowest BCUT2D eigenvalue weighted by molar-refractivity contribution is -0.143. The lowest BCUT2D eigenvalue weighted by Gasteiger charge is -2.11. The number of aliphatic carboxylic acids is 1. The first-order chi connectivity index (χ1) is 8.98. The minimum atomic E-state index is -0.878. The number of pyridine rings is 1. The molecule has 0 spiro atoms. The van der Waals surface area contributed by atoms with Crippen LogP contribution in [0.25, 0.3) is 0 Å². The smallest absolute Gasteiger partial charge is 0.311 e. The van der Waals surface area contributed by atoms with Gasteiger partial charge in [0.05, 0.1) is 16.7 Å². The number of hydrogen-bond donors (Lipinski definition) is 2. The molecule has 0 radical (unpaired) electrons. The molecule has 0 bridgehead atoms. The second-order valence-electron chi connectivity index (χ2n) is 4.71. The third-order valence-corrected chi connectivity index (χ3v) is 3.33. The number of nitriles is 1. The molecule has 1 aliphatic carbocycles. The number of carboxylic acids is 1. The van der Waals surface area contributed by atoms with E-state index in [1.54, 1.807) is 6.92 Å². The van der Waals surface area contributed by atoms with Crippen molar-refractivity contribution in [3.8, 4) is 6.07 Å². The van der Waals surface area contributed by atoms with E-state index in [9.17, 15) is 9.59 Å². The quantitative estimate of drug-likeness (QED) is 0.834. The molecule has 98 valence electrons. The van der Waals surface area contributed by atoms with Crippen molar-refractivity contribution in [2.45, 2.75) is 19.8 Å². The van der Waals surface area contributed by atoms with Crippen LogP contribution in [-0.4, -0.2) is 28.5 Å². The van der Waals surface area contributed by atoms with Gasteiger partial charge in [-0.2, -0.15) is 5.26 Å². The van der Waals surface area contributed by atoms with E-state index in [-0.39, 0.29) is 12.2 Å². The minimum Gasteiger partial charge on any atom is -0.481 e. The zero-order valence-corrected chi connectivity index (χ0v) is 10.4. The molecular formula is C13H13N3O3. The van der Waals surface area contributed by atoms with Crippen LogP contribution in [0.3, 0.4) is 0 Å². The molecule has 1 aromatic rings. The molecule has 1 aromatic heterocycles. The Balaban J connectivity index is 2.03. The molecule has 1 heterocycles. The Morgan fingerprint density at radius 1 is 1.53 bits per heavy atom. The van der Waals surface area contributed by atoms with Crippen LogP contribution >= 0.6 is 0 Å². The summed E-state index contributed by atoms with van der Waals surface area (Å²) in [5.74, 6) is -1.29. The normalized spacial score (nSPS) is 15.4. The summed E-state index contributed by atoms with van der Waals surface area (Å²) in [6, 6.07) is 4.96. The predicted molar refractivity (Wildman–Crippen MR) is 65.3 cm³/mol. The molecule has 1 amide bonds. The topological polar surface area (TPSA) is 103 Å². The number of aromatic nitrogens is 1. The van der Waals surface area contributed by atoms with Gasteiger partial charge < -0.3 is 10.4 Å². The van der Waals surface area contributed by atoms with E-state index in [4.69, 9.17) is 10.4 Å². The maximum absolute atomic E-state index is 11.8. The Kier molecular flexibility index (Phi) is 3.21. The van der Waals surface area contributed by atoms with E-state index in [1.807, 2.05) is 6.07 Å². The van der Waals surface area contributed by atoms with Gasteiger partial charge >= 0.3 is 5.97 Å². The average Bonchev–Trinajstić information content (AvgIpc) is 3.17. The standard InChI is InChI=1S/C13H13N3O3/c1-8-9(6-14)2-3-10(16-8)11(17)15-7-13(4-5-13)12(18)19/h2-3H,4-5,7H2,1H3,(H,15,17)(H,18,19). The summed E-state index contributed by atoms with van der Waals surface area (Å²) in [5, 5.41) is 20.4. The minimum absolute atomic E-state index is 0.113. The zero-order valence-electron chi connectivity index (χ0n) is 10.4. The van der Waals surface area contributed by atoms with Gasteiger partial charge in [0.15, 0.2) is 0 Å². The van der Waals surface area contributed by atoms with E-state index in [1.165, 1.54) is 12.1 Å². The Morgan fingerprint density at radius 3 is 2.68 bits per heavy atom. The second kappa shape index (κ2) is 4.69. The van der Waals surface area contributed by atoms with Crippen LogP contribution in [0.2, 0.25) is 0 Å². The highest BCUT2D eigenvalue weighted by Gasteiger charge is 2.50. The van der Waals surface area contributed by atoms with Crippen LogP contribution in [0.4, 0.5) is 0 Å². The summed E-state index contributed by atoms with van der Waals surface area (Å²) in [4.78, 5) is 26.8. The number of rotatable bonds is 4. The number of aryl methyl sites for hydroxylation is 1. The maximum atomic E-state index is 11.8. The fourth-order valence-corrected chi connectivity index (χ4v) is 1.76. The first kappa shape index (κ1) is 13.0. The number of carbonyl (C=O) groups excluding carboxylic acids is 1. The van der Waals surface area contributed by atoms with Crippen molar-refractivity contribution in [2.24, 2.45) is 5.41 Å². The Labute approximate surface area is 110 Å². The number of nitrogens with zero attached hydrogens (tertiary/aromatic N) is 2. The van der Waals surface area contributed by atoms with Crippen LogP contribution in [0.1, 0.15) is 34.6 Å². The fraction of sp³-hybridized carbons (Fsp3) is 0.385. The lowest BCUT2D eigenvalue weighted by atomic mass is 10.1. The van der Waals surface area contributed by atoms with Gasteiger partial charge in [-0.05, 0) is 31.9 Å². The molecule has 6 heteroatoms. The molecule has 1 aliphatic rings. The van der Waals surface area contributed by atoms with E-state index < -0.39 is 17.3 Å². The second-order valence-corrected chi connectivity index (χ2v) is 4.71. The number of carbonyl (C=O) groups is 2. The monoisotopic (exact) mass is 259 g/mol. The highest BCUT2D eigenvalue weighted by atomic mass is 16.4. The van der Waals surface area contributed by atoms with Crippen LogP contribution in [0.5, 0.6) is 0 Å². The number of hydrogen-bond acceptors (Lipinski definition) is 4. The molecule has 0 saturated heterocycles. The molecule has 0 unspecified atom stereocenters. The summed E-state index contributed by atoms with van der Waals surface area (Å²) in [6.45, 7) is 1.76. The Bertz CT molecular complexity index is 585. The van der Waals surface area contributed by atoms with E-state index >= 15 is 0 Å². The van der Waals surface area contributed by atoms with Gasteiger partial charge in [-0.1, -0.05) is 0 Å². The molecule has 1 saturated carbocycles. The summed E-state index contributed by atoms with van der Waals surface area (Å²) in [7, 11) is 0. The van der Waals surface area contributed by atoms with Gasteiger partial charge in [0, 0.05) is 6.54 Å². The molecular weight excluding hydrogens is 246 g/mol. The number of nitrogens with one attached hydrogen (secondary N) is 1. The molecule has 2 rings (SSSR count). The van der Waals surface area contributed by atoms with Crippen molar-refractivity contribution in [1.29, 1.82) is 5.26 Å². The van der Waals surface area contributed by atoms with Gasteiger partial charge in [0.25, 0.3) is 5.91 Å². The molecule has 0 atom stereocenters. The third kappa shape index (κ3) is 2.55. The summed E-state index contributed by atoms with van der Waals surface area (Å²) in [5.41, 5.74) is 0.296. The van der Waals surface area contributed by atoms with Gasteiger partial charge in [0.2, 0.25) is 0 Å². The largest absolute Gasteiger partial charge is 0.481 e. The zero-order chi connectivity index (χ0) is 14.0. The summed E-state index contributed by atoms with van der Waals surface area (Å²) >= 11 is 0. The van der Waals surface area contributed by atoms with Crippen molar-refractivity contribution >= 4 is 11.9 Å². The van der Waals surface area contributed by atoms with Crippen molar-refractivity contribution in [1.82, 2.24) is 10.3 Å². The Hall–Kier alpha value is -2.42. The molecule has 1 fully saturated rings. The van der Waals surface area contributed by atoms with Gasteiger partial charge in [-0.15, -0.1) is 0 Å². The van der Waals surface area contributed by atoms with Crippen LogP contribution in [0.15, 0.2) is 12.1 Å². The third-order valence-electron chi connectivity index (χ3n) is 3.33. The van der Waals surface area contributed by atoms with Crippen molar-refractivity contribution in [3.63, 3.8) is 0 Å². The maximum Gasteiger partial charge on any atom is 0.311 e. The first-order valence-corrected chi connectivity index (χ1v) is 5.88. The van der Waals surface area contributed by atoms with E-state index in [2.05, 4.69) is 10.3 Å². The molecule has 6 nitrogen and oxygen atoms in total. The summed E-state index contributed by atoms with van der Waals surface area (Å²) < 4.78 is 0. The molecule has 2 N–H and O–H groups in total. The van der Waals surface area contributed by atoms with Crippen molar-refractivity contribution in [3.05, 3.63) is 29.1 Å². The molecule has 19 heavy (non-hydrogen) atoms. The van der Waals surface area contributed by atoms with Crippen molar-refractivity contribution in [2.75, 3.05) is 6.54 Å². The van der Waals surface area contributed by atoms with Gasteiger partial charge in [0.1, 0.15) is 11.8 Å². The average molecular weight is 259 g/mol. The SMILES string of the molecule is Cc1nc(C(=O)NCC2(C(=O)O)CC2)ccc1C#N. The van der Waals surface area contributed by atoms with Crippen LogP contribution < -0.4 is 5.32 Å². The molecule has 0 aromatic carbocycles.